The molecule has 0 bridgehead atoms. The van der Waals surface area contributed by atoms with E-state index in [9.17, 15) is 9.59 Å². The summed E-state index contributed by atoms with van der Waals surface area (Å²) < 4.78 is 0. The average Bonchev–Trinajstić information content (AvgIpc) is 2.55. The van der Waals surface area contributed by atoms with E-state index in [2.05, 4.69) is 5.32 Å². The van der Waals surface area contributed by atoms with E-state index in [1.54, 1.807) is 0 Å². The molecule has 0 fully saturated rings. The van der Waals surface area contributed by atoms with Gasteiger partial charge in [-0.1, -0.05) is 61.5 Å². The first-order chi connectivity index (χ1) is 10.2. The van der Waals surface area contributed by atoms with Gasteiger partial charge in [0.25, 0.3) is 0 Å². The molecule has 0 saturated carbocycles. The zero-order valence-electron chi connectivity index (χ0n) is 12.1. The van der Waals surface area contributed by atoms with Gasteiger partial charge in [-0.05, 0) is 12.0 Å². The van der Waals surface area contributed by atoms with Crippen molar-refractivity contribution in [3.8, 4) is 0 Å². The lowest BCUT2D eigenvalue weighted by molar-refractivity contribution is -0.120. The zero-order chi connectivity index (χ0) is 15.1. The second kappa shape index (κ2) is 7.39. The van der Waals surface area contributed by atoms with Gasteiger partial charge in [0, 0.05) is 24.1 Å². The van der Waals surface area contributed by atoms with Gasteiger partial charge in [0.15, 0.2) is 5.78 Å². The maximum Gasteiger partial charge on any atom is 0.219 e. The highest BCUT2D eigenvalue weighted by atomic mass is 16.1. The first-order valence-corrected chi connectivity index (χ1v) is 7.16. The molecule has 2 aromatic carbocycles. The predicted octanol–water partition coefficient (Wildman–Crippen LogP) is 2.99. The molecule has 0 heterocycles. The first-order valence-electron chi connectivity index (χ1n) is 7.16. The normalized spacial score (nSPS) is 10.1. The van der Waals surface area contributed by atoms with Crippen molar-refractivity contribution >= 4 is 11.7 Å². The summed E-state index contributed by atoms with van der Waals surface area (Å²) >= 11 is 0. The van der Waals surface area contributed by atoms with Gasteiger partial charge < -0.3 is 5.32 Å². The smallest absolute Gasteiger partial charge is 0.219 e. The summed E-state index contributed by atoms with van der Waals surface area (Å²) in [4.78, 5) is 23.4. The summed E-state index contributed by atoms with van der Waals surface area (Å²) in [6.07, 6.45) is 1.27. The van der Waals surface area contributed by atoms with Crippen LogP contribution < -0.4 is 5.32 Å². The highest BCUT2D eigenvalue weighted by molar-refractivity contribution is 6.08. The van der Waals surface area contributed by atoms with Gasteiger partial charge in [0.1, 0.15) is 0 Å². The highest BCUT2D eigenvalue weighted by Crippen LogP contribution is 2.11. The van der Waals surface area contributed by atoms with Crippen LogP contribution in [-0.2, 0) is 11.2 Å². The molecule has 3 nitrogen and oxygen atoms in total. The molecule has 1 N–H and O–H groups in total. The van der Waals surface area contributed by atoms with Crippen molar-refractivity contribution in [3.63, 3.8) is 0 Å². The molecule has 0 aromatic heterocycles. The molecular weight excluding hydrogens is 262 g/mol. The molecule has 0 spiro atoms. The Bertz CT molecular complexity index is 603. The van der Waals surface area contributed by atoms with Crippen LogP contribution in [0, 0.1) is 0 Å². The Balaban J connectivity index is 1.96. The summed E-state index contributed by atoms with van der Waals surface area (Å²) in [5, 5.41) is 2.84. The van der Waals surface area contributed by atoms with Gasteiger partial charge in [0.05, 0.1) is 0 Å². The molecule has 0 radical (unpaired) electrons. The van der Waals surface area contributed by atoms with E-state index >= 15 is 0 Å². The second-order valence-electron chi connectivity index (χ2n) is 4.85. The molecule has 21 heavy (non-hydrogen) atoms. The Kier molecular flexibility index (Phi) is 5.27. The molecule has 0 atom stereocenters. The SMILES string of the molecule is CCC(=O)NCCc1ccc(C(=O)c2ccccc2)cc1. The van der Waals surface area contributed by atoms with Crippen molar-refractivity contribution in [2.45, 2.75) is 19.8 Å². The van der Waals surface area contributed by atoms with E-state index in [4.69, 9.17) is 0 Å². The van der Waals surface area contributed by atoms with Gasteiger partial charge >= 0.3 is 0 Å². The van der Waals surface area contributed by atoms with Crippen LogP contribution in [0.5, 0.6) is 0 Å². The van der Waals surface area contributed by atoms with E-state index in [0.29, 0.717) is 24.1 Å². The molecule has 0 aliphatic heterocycles. The summed E-state index contributed by atoms with van der Waals surface area (Å²) in [5.74, 6) is 0.0901. The van der Waals surface area contributed by atoms with E-state index in [0.717, 1.165) is 12.0 Å². The number of carbonyl (C=O) groups is 2. The summed E-state index contributed by atoms with van der Waals surface area (Å²) in [6.45, 7) is 2.46. The topological polar surface area (TPSA) is 46.2 Å². The summed E-state index contributed by atoms with van der Waals surface area (Å²) in [5.41, 5.74) is 2.49. The second-order valence-corrected chi connectivity index (χ2v) is 4.85. The molecule has 3 heteroatoms. The Morgan fingerprint density at radius 1 is 0.905 bits per heavy atom. The van der Waals surface area contributed by atoms with Crippen LogP contribution in [-0.4, -0.2) is 18.2 Å². The number of benzene rings is 2. The van der Waals surface area contributed by atoms with E-state index < -0.39 is 0 Å². The Morgan fingerprint density at radius 3 is 2.14 bits per heavy atom. The van der Waals surface area contributed by atoms with Crippen LogP contribution in [0.3, 0.4) is 0 Å². The van der Waals surface area contributed by atoms with Gasteiger partial charge in [-0.3, -0.25) is 9.59 Å². The van der Waals surface area contributed by atoms with Crippen molar-refractivity contribution in [2.75, 3.05) is 6.54 Å². The van der Waals surface area contributed by atoms with Crippen LogP contribution in [0.2, 0.25) is 0 Å². The van der Waals surface area contributed by atoms with Gasteiger partial charge in [-0.25, -0.2) is 0 Å². The molecule has 108 valence electrons. The lowest BCUT2D eigenvalue weighted by atomic mass is 10.0. The molecule has 1 amide bonds. The fourth-order valence-corrected chi connectivity index (χ4v) is 2.05. The van der Waals surface area contributed by atoms with Crippen LogP contribution >= 0.6 is 0 Å². The van der Waals surface area contributed by atoms with Crippen LogP contribution in [0.25, 0.3) is 0 Å². The van der Waals surface area contributed by atoms with Crippen LogP contribution in [0.1, 0.15) is 34.8 Å². The predicted molar refractivity (Wildman–Crippen MR) is 83.3 cm³/mol. The van der Waals surface area contributed by atoms with Gasteiger partial charge in [0.2, 0.25) is 5.91 Å². The molecule has 2 rings (SSSR count). The minimum Gasteiger partial charge on any atom is -0.356 e. The summed E-state index contributed by atoms with van der Waals surface area (Å²) in [6, 6.07) is 16.8. The van der Waals surface area contributed by atoms with Crippen molar-refractivity contribution < 1.29 is 9.59 Å². The third-order valence-corrected chi connectivity index (χ3v) is 3.31. The molecule has 0 unspecified atom stereocenters. The van der Waals surface area contributed by atoms with E-state index in [1.807, 2.05) is 61.5 Å². The third-order valence-electron chi connectivity index (χ3n) is 3.31. The standard InChI is InChI=1S/C18H19NO2/c1-2-17(20)19-13-12-14-8-10-16(11-9-14)18(21)15-6-4-3-5-7-15/h3-11H,2,12-13H2,1H3,(H,19,20). The minimum atomic E-state index is 0.0291. The van der Waals surface area contributed by atoms with Crippen molar-refractivity contribution in [3.05, 3.63) is 71.3 Å². The Hall–Kier alpha value is -2.42. The Labute approximate surface area is 125 Å². The highest BCUT2D eigenvalue weighted by Gasteiger charge is 2.08. The molecule has 0 aliphatic rings. The van der Waals surface area contributed by atoms with Gasteiger partial charge in [-0.15, -0.1) is 0 Å². The number of hydrogen-bond acceptors (Lipinski definition) is 2. The molecule has 2 aromatic rings. The van der Waals surface area contributed by atoms with Crippen LogP contribution in [0.4, 0.5) is 0 Å². The lowest BCUT2D eigenvalue weighted by Crippen LogP contribution is -2.24. The maximum absolute atomic E-state index is 12.2. The van der Waals surface area contributed by atoms with E-state index in [-0.39, 0.29) is 11.7 Å². The number of hydrogen-bond donors (Lipinski definition) is 1. The number of ketones is 1. The number of nitrogens with one attached hydrogen (secondary N) is 1. The van der Waals surface area contributed by atoms with E-state index in [1.165, 1.54) is 0 Å². The zero-order valence-corrected chi connectivity index (χ0v) is 12.1. The molecular formula is C18H19NO2. The third kappa shape index (κ3) is 4.28. The van der Waals surface area contributed by atoms with Crippen LogP contribution in [0.15, 0.2) is 54.6 Å². The largest absolute Gasteiger partial charge is 0.356 e. The maximum atomic E-state index is 12.2. The average molecular weight is 281 g/mol. The van der Waals surface area contributed by atoms with Crippen molar-refractivity contribution in [1.82, 2.24) is 5.32 Å². The minimum absolute atomic E-state index is 0.0291. The van der Waals surface area contributed by atoms with Crippen molar-refractivity contribution in [2.24, 2.45) is 0 Å². The number of rotatable bonds is 6. The monoisotopic (exact) mass is 281 g/mol. The quantitative estimate of drug-likeness (QED) is 0.827. The van der Waals surface area contributed by atoms with Crippen molar-refractivity contribution in [1.29, 1.82) is 0 Å². The molecule has 0 aliphatic carbocycles. The molecule has 0 saturated heterocycles. The lowest BCUT2D eigenvalue weighted by Gasteiger charge is -2.05. The Morgan fingerprint density at radius 2 is 1.52 bits per heavy atom. The fraction of sp³-hybridized carbons (Fsp3) is 0.222. The first kappa shape index (κ1) is 15.0. The fourth-order valence-electron chi connectivity index (χ4n) is 2.05. The van der Waals surface area contributed by atoms with Gasteiger partial charge in [-0.2, -0.15) is 0 Å². The number of carbonyl (C=O) groups excluding carboxylic acids is 2. The summed E-state index contributed by atoms with van der Waals surface area (Å²) in [7, 11) is 0. The number of amides is 1.